The Kier molecular flexibility index (Phi) is 3.91. The number of hydrogen-bond acceptors (Lipinski definition) is 3. The monoisotopic (exact) mass is 343 g/mol. The van der Waals surface area contributed by atoms with Gasteiger partial charge in [0, 0.05) is 5.69 Å². The summed E-state index contributed by atoms with van der Waals surface area (Å²) in [6.07, 6.45) is 0. The number of benzene rings is 2. The van der Waals surface area contributed by atoms with Crippen molar-refractivity contribution >= 4 is 31.5 Å². The first-order valence-corrected chi connectivity index (χ1v) is 7.86. The average molecular weight is 344 g/mol. The highest BCUT2D eigenvalue weighted by molar-refractivity contribution is 9.10. The summed E-state index contributed by atoms with van der Waals surface area (Å²) < 4.78 is 38.0. The second kappa shape index (κ2) is 5.30. The van der Waals surface area contributed by atoms with Crippen molar-refractivity contribution in [1.82, 2.24) is 0 Å². The minimum absolute atomic E-state index is 0.128. The molecule has 6 heteroatoms. The molecule has 2 aromatic carbocycles. The van der Waals surface area contributed by atoms with Gasteiger partial charge in [0.25, 0.3) is 0 Å². The molecule has 2 aromatic rings. The molecule has 2 N–H and O–H groups in total. The van der Waals surface area contributed by atoms with Crippen molar-refractivity contribution < 1.29 is 12.8 Å². The van der Waals surface area contributed by atoms with E-state index in [9.17, 15) is 12.8 Å². The molecule has 19 heavy (non-hydrogen) atoms. The van der Waals surface area contributed by atoms with Gasteiger partial charge in [-0.1, -0.05) is 18.2 Å². The molecule has 0 aliphatic heterocycles. The van der Waals surface area contributed by atoms with Gasteiger partial charge >= 0.3 is 0 Å². The van der Waals surface area contributed by atoms with Crippen molar-refractivity contribution in [1.29, 1.82) is 0 Å². The fraction of sp³-hybridized carbons (Fsp3) is 0.0769. The van der Waals surface area contributed by atoms with Gasteiger partial charge in [-0.2, -0.15) is 0 Å². The Morgan fingerprint density at radius 3 is 2.53 bits per heavy atom. The van der Waals surface area contributed by atoms with Gasteiger partial charge in [-0.05, 0) is 45.8 Å². The SMILES string of the molecule is Nc1cccc(S(=O)(=O)Cc2cccc(F)c2Br)c1. The van der Waals surface area contributed by atoms with Crippen LogP contribution < -0.4 is 5.73 Å². The van der Waals surface area contributed by atoms with Crippen LogP contribution >= 0.6 is 15.9 Å². The Hall–Kier alpha value is -1.40. The highest BCUT2D eigenvalue weighted by Gasteiger charge is 2.18. The molecule has 0 fully saturated rings. The summed E-state index contributed by atoms with van der Waals surface area (Å²) in [6, 6.07) is 10.4. The molecule has 0 unspecified atom stereocenters. The number of nitrogen functional groups attached to an aromatic ring is 1. The van der Waals surface area contributed by atoms with Crippen LogP contribution in [0.5, 0.6) is 0 Å². The first-order valence-electron chi connectivity index (χ1n) is 5.41. The van der Waals surface area contributed by atoms with Crippen LogP contribution in [0.4, 0.5) is 10.1 Å². The van der Waals surface area contributed by atoms with E-state index >= 15 is 0 Å². The van der Waals surface area contributed by atoms with E-state index in [1.54, 1.807) is 18.2 Å². The van der Waals surface area contributed by atoms with Gasteiger partial charge < -0.3 is 5.73 Å². The highest BCUT2D eigenvalue weighted by Crippen LogP contribution is 2.25. The Morgan fingerprint density at radius 2 is 1.84 bits per heavy atom. The standard InChI is InChI=1S/C13H11BrFNO2S/c14-13-9(3-1-6-12(13)15)8-19(17,18)11-5-2-4-10(16)7-11/h1-7H,8,16H2. The first kappa shape index (κ1) is 14.0. The maximum absolute atomic E-state index is 13.4. The van der Waals surface area contributed by atoms with Crippen LogP contribution in [0.25, 0.3) is 0 Å². The fourth-order valence-corrected chi connectivity index (χ4v) is 3.66. The second-order valence-corrected chi connectivity index (χ2v) is 6.83. The Labute approximate surface area is 119 Å². The summed E-state index contributed by atoms with van der Waals surface area (Å²) in [5.74, 6) is -0.769. The predicted octanol–water partition coefficient (Wildman–Crippen LogP) is 3.14. The summed E-state index contributed by atoms with van der Waals surface area (Å²) in [6.45, 7) is 0. The zero-order chi connectivity index (χ0) is 14.0. The van der Waals surface area contributed by atoms with Crippen LogP contribution in [0.15, 0.2) is 51.8 Å². The zero-order valence-electron chi connectivity index (χ0n) is 9.81. The molecular formula is C13H11BrFNO2S. The minimum Gasteiger partial charge on any atom is -0.399 e. The molecule has 0 saturated carbocycles. The van der Waals surface area contributed by atoms with Gasteiger partial charge in [-0.15, -0.1) is 0 Å². The van der Waals surface area contributed by atoms with E-state index in [2.05, 4.69) is 15.9 Å². The van der Waals surface area contributed by atoms with Crippen molar-refractivity contribution in [3.05, 3.63) is 58.3 Å². The maximum Gasteiger partial charge on any atom is 0.182 e. The third kappa shape index (κ3) is 3.13. The summed E-state index contributed by atoms with van der Waals surface area (Å²) in [5, 5.41) is 0. The number of hydrogen-bond donors (Lipinski definition) is 1. The summed E-state index contributed by atoms with van der Waals surface area (Å²) in [4.78, 5) is 0.128. The predicted molar refractivity (Wildman–Crippen MR) is 75.8 cm³/mol. The third-order valence-electron chi connectivity index (χ3n) is 2.59. The van der Waals surface area contributed by atoms with Crippen LogP contribution in [0.2, 0.25) is 0 Å². The number of nitrogens with two attached hydrogens (primary N) is 1. The van der Waals surface area contributed by atoms with E-state index in [0.29, 0.717) is 11.3 Å². The molecule has 3 nitrogen and oxygen atoms in total. The topological polar surface area (TPSA) is 60.2 Å². The quantitative estimate of drug-likeness (QED) is 0.871. The van der Waals surface area contributed by atoms with Crippen LogP contribution in [0, 0.1) is 5.82 Å². The number of anilines is 1. The third-order valence-corrected chi connectivity index (χ3v) is 5.15. The lowest BCUT2D eigenvalue weighted by Gasteiger charge is -2.07. The Balaban J connectivity index is 2.39. The van der Waals surface area contributed by atoms with Gasteiger partial charge in [-0.3, -0.25) is 0 Å². The number of halogens is 2. The van der Waals surface area contributed by atoms with E-state index in [-0.39, 0.29) is 15.1 Å². The van der Waals surface area contributed by atoms with E-state index in [4.69, 9.17) is 5.73 Å². The molecule has 0 saturated heterocycles. The number of rotatable bonds is 3. The van der Waals surface area contributed by atoms with Crippen molar-refractivity contribution in [3.63, 3.8) is 0 Å². The van der Waals surface area contributed by atoms with Gasteiger partial charge in [0.1, 0.15) is 5.82 Å². The number of sulfone groups is 1. The van der Waals surface area contributed by atoms with E-state index in [1.807, 2.05) is 0 Å². The zero-order valence-corrected chi connectivity index (χ0v) is 12.2. The lowest BCUT2D eigenvalue weighted by Crippen LogP contribution is -2.06. The Morgan fingerprint density at radius 1 is 1.16 bits per heavy atom. The molecule has 0 heterocycles. The smallest absolute Gasteiger partial charge is 0.182 e. The molecule has 0 radical (unpaired) electrons. The highest BCUT2D eigenvalue weighted by atomic mass is 79.9. The van der Waals surface area contributed by atoms with Crippen molar-refractivity contribution in [2.75, 3.05) is 5.73 Å². The van der Waals surface area contributed by atoms with Crippen molar-refractivity contribution in [3.8, 4) is 0 Å². The lowest BCUT2D eigenvalue weighted by atomic mass is 10.2. The molecule has 0 aromatic heterocycles. The van der Waals surface area contributed by atoms with E-state index in [1.165, 1.54) is 24.3 Å². The van der Waals surface area contributed by atoms with Gasteiger partial charge in [0.15, 0.2) is 9.84 Å². The first-order chi connectivity index (χ1) is 8.90. The molecular weight excluding hydrogens is 333 g/mol. The molecule has 0 amide bonds. The minimum atomic E-state index is -3.55. The van der Waals surface area contributed by atoms with Crippen LogP contribution in [0.1, 0.15) is 5.56 Å². The fourth-order valence-electron chi connectivity index (χ4n) is 1.66. The van der Waals surface area contributed by atoms with Gasteiger partial charge in [0.2, 0.25) is 0 Å². The van der Waals surface area contributed by atoms with Crippen molar-refractivity contribution in [2.24, 2.45) is 0 Å². The largest absolute Gasteiger partial charge is 0.399 e. The van der Waals surface area contributed by atoms with E-state index < -0.39 is 15.7 Å². The van der Waals surface area contributed by atoms with E-state index in [0.717, 1.165) is 0 Å². The molecule has 0 aliphatic carbocycles. The van der Waals surface area contributed by atoms with Crippen LogP contribution in [-0.4, -0.2) is 8.42 Å². The van der Waals surface area contributed by atoms with Crippen molar-refractivity contribution in [2.45, 2.75) is 10.6 Å². The molecule has 100 valence electrons. The van der Waals surface area contributed by atoms with Crippen LogP contribution in [-0.2, 0) is 15.6 Å². The van der Waals surface area contributed by atoms with Gasteiger partial charge in [0.05, 0.1) is 15.1 Å². The summed E-state index contributed by atoms with van der Waals surface area (Å²) in [5.41, 5.74) is 6.32. The molecule has 0 aliphatic rings. The molecule has 0 bridgehead atoms. The van der Waals surface area contributed by atoms with Gasteiger partial charge in [-0.25, -0.2) is 12.8 Å². The normalized spacial score (nSPS) is 11.5. The summed E-state index contributed by atoms with van der Waals surface area (Å²) in [7, 11) is -3.55. The molecule has 0 spiro atoms. The maximum atomic E-state index is 13.4. The average Bonchev–Trinajstić information content (AvgIpc) is 2.35. The van der Waals surface area contributed by atoms with Crippen LogP contribution in [0.3, 0.4) is 0 Å². The molecule has 2 rings (SSSR count). The summed E-state index contributed by atoms with van der Waals surface area (Å²) >= 11 is 3.06. The Bertz CT molecular complexity index is 716. The lowest BCUT2D eigenvalue weighted by molar-refractivity contribution is 0.594. The second-order valence-electron chi connectivity index (χ2n) is 4.04. The molecule has 0 atom stereocenters.